The molecule has 23 heavy (non-hydrogen) atoms. The molecule has 1 aromatic heterocycles. The fraction of sp³-hybridized carbons (Fsp3) is 0.214. The summed E-state index contributed by atoms with van der Waals surface area (Å²) in [5.41, 5.74) is 1.54. The van der Waals surface area contributed by atoms with Gasteiger partial charge in [0.15, 0.2) is 0 Å². The minimum Gasteiger partial charge on any atom is -0.467 e. The van der Waals surface area contributed by atoms with Crippen molar-refractivity contribution in [2.24, 2.45) is 0 Å². The van der Waals surface area contributed by atoms with E-state index in [-0.39, 0.29) is 11.6 Å². The van der Waals surface area contributed by atoms with Crippen molar-refractivity contribution >= 4 is 21.8 Å². The topological polar surface area (TPSA) is 101 Å². The molecule has 1 amide bonds. The lowest BCUT2D eigenvalue weighted by Gasteiger charge is -2.19. The molecule has 3 rings (SSSR count). The van der Waals surface area contributed by atoms with E-state index in [1.807, 2.05) is 16.9 Å². The van der Waals surface area contributed by atoms with Crippen LogP contribution in [0.25, 0.3) is 0 Å². The van der Waals surface area contributed by atoms with Gasteiger partial charge in [-0.15, -0.1) is 0 Å². The largest absolute Gasteiger partial charge is 0.467 e. The molecule has 0 unspecified atom stereocenters. The van der Waals surface area contributed by atoms with Gasteiger partial charge in [0.25, 0.3) is 5.91 Å². The Labute approximate surface area is 133 Å². The van der Waals surface area contributed by atoms with E-state index in [2.05, 4.69) is 9.97 Å². The highest BCUT2D eigenvalue weighted by molar-refractivity contribution is 7.91. The first-order valence-corrected chi connectivity index (χ1v) is 8.24. The van der Waals surface area contributed by atoms with Crippen LogP contribution in [0.15, 0.2) is 36.7 Å². The van der Waals surface area contributed by atoms with Gasteiger partial charge in [0, 0.05) is 18.9 Å². The van der Waals surface area contributed by atoms with Crippen molar-refractivity contribution in [2.75, 3.05) is 18.0 Å². The number of carbonyl (C=O) groups excluding carboxylic acids is 1. The number of para-hydroxylation sites is 1. The molecule has 8 nitrogen and oxygen atoms in total. The number of benzene rings is 1. The van der Waals surface area contributed by atoms with Crippen LogP contribution < -0.4 is 13.8 Å². The SMILES string of the molecule is COc1ncc(C(=O)NS(=O)(=O)N2CCc3ccccc32)cn1. The number of ether oxygens (including phenoxy) is 1. The zero-order chi connectivity index (χ0) is 16.4. The van der Waals surface area contributed by atoms with E-state index in [0.29, 0.717) is 18.7 Å². The Kier molecular flexibility index (Phi) is 3.87. The van der Waals surface area contributed by atoms with Gasteiger partial charge in [-0.1, -0.05) is 18.2 Å². The number of nitrogens with one attached hydrogen (secondary N) is 1. The van der Waals surface area contributed by atoms with Crippen LogP contribution in [0.5, 0.6) is 6.01 Å². The first-order valence-electron chi connectivity index (χ1n) is 6.80. The summed E-state index contributed by atoms with van der Waals surface area (Å²) in [5.74, 6) is -0.794. The summed E-state index contributed by atoms with van der Waals surface area (Å²) in [6.07, 6.45) is 3.01. The summed E-state index contributed by atoms with van der Waals surface area (Å²) in [6, 6.07) is 7.28. The van der Waals surface area contributed by atoms with Gasteiger partial charge in [-0.05, 0) is 18.1 Å². The number of methoxy groups -OCH3 is 1. The maximum Gasteiger partial charge on any atom is 0.326 e. The summed E-state index contributed by atoms with van der Waals surface area (Å²) in [6.45, 7) is 0.293. The predicted octanol–water partition coefficient (Wildman–Crippen LogP) is 0.522. The summed E-state index contributed by atoms with van der Waals surface area (Å²) in [5, 5.41) is 0. The normalized spacial score (nSPS) is 13.5. The van der Waals surface area contributed by atoms with Gasteiger partial charge < -0.3 is 4.74 Å². The van der Waals surface area contributed by atoms with E-state index < -0.39 is 16.1 Å². The van der Waals surface area contributed by atoms with Crippen LogP contribution in [0.2, 0.25) is 0 Å². The summed E-state index contributed by atoms with van der Waals surface area (Å²) in [4.78, 5) is 19.6. The van der Waals surface area contributed by atoms with Crippen molar-refractivity contribution in [1.82, 2.24) is 14.7 Å². The Hall–Kier alpha value is -2.68. The second-order valence-electron chi connectivity index (χ2n) is 4.85. The molecule has 2 aromatic rings. The molecular formula is C14H14N4O4S. The summed E-state index contributed by atoms with van der Waals surface area (Å²) in [7, 11) is -2.60. The van der Waals surface area contributed by atoms with Crippen molar-refractivity contribution in [2.45, 2.75) is 6.42 Å². The maximum absolute atomic E-state index is 12.4. The van der Waals surface area contributed by atoms with Crippen LogP contribution in [0.4, 0.5) is 5.69 Å². The fourth-order valence-corrected chi connectivity index (χ4v) is 3.56. The van der Waals surface area contributed by atoms with Gasteiger partial charge >= 0.3 is 16.2 Å². The highest BCUT2D eigenvalue weighted by atomic mass is 32.2. The molecule has 0 saturated heterocycles. The second-order valence-corrected chi connectivity index (χ2v) is 6.44. The van der Waals surface area contributed by atoms with Crippen molar-refractivity contribution in [3.8, 4) is 6.01 Å². The van der Waals surface area contributed by atoms with Crippen LogP contribution in [0, 0.1) is 0 Å². The van der Waals surface area contributed by atoms with Gasteiger partial charge in [-0.2, -0.15) is 8.42 Å². The van der Waals surface area contributed by atoms with Gasteiger partial charge in [-0.25, -0.2) is 14.7 Å². The van der Waals surface area contributed by atoms with Crippen LogP contribution in [0.1, 0.15) is 15.9 Å². The molecule has 0 aliphatic carbocycles. The van der Waals surface area contributed by atoms with Crippen molar-refractivity contribution < 1.29 is 17.9 Å². The third kappa shape index (κ3) is 2.95. The van der Waals surface area contributed by atoms with E-state index in [1.165, 1.54) is 23.8 Å². The lowest BCUT2D eigenvalue weighted by Crippen LogP contribution is -2.42. The van der Waals surface area contributed by atoms with E-state index in [4.69, 9.17) is 4.74 Å². The Balaban J connectivity index is 1.80. The first-order chi connectivity index (χ1) is 11.0. The van der Waals surface area contributed by atoms with E-state index in [0.717, 1.165) is 5.56 Å². The van der Waals surface area contributed by atoms with E-state index >= 15 is 0 Å². The molecule has 2 heterocycles. The standard InChI is InChI=1S/C14H14N4O4S/c1-22-14-15-8-11(9-16-14)13(19)17-23(20,21)18-7-6-10-4-2-3-5-12(10)18/h2-5,8-9H,6-7H2,1H3,(H,17,19). The van der Waals surface area contributed by atoms with E-state index in [9.17, 15) is 13.2 Å². The minimum absolute atomic E-state index is 0.0295. The molecule has 0 saturated carbocycles. The molecular weight excluding hydrogens is 320 g/mol. The number of fused-ring (bicyclic) bond motifs is 1. The van der Waals surface area contributed by atoms with Crippen molar-refractivity contribution in [3.05, 3.63) is 47.8 Å². The number of hydrogen-bond acceptors (Lipinski definition) is 6. The molecule has 1 aliphatic heterocycles. The number of aromatic nitrogens is 2. The number of carbonyl (C=O) groups is 1. The average Bonchev–Trinajstić information content (AvgIpc) is 2.99. The second kappa shape index (κ2) is 5.84. The molecule has 1 aliphatic rings. The molecule has 0 spiro atoms. The molecule has 120 valence electrons. The Morgan fingerprint density at radius 1 is 1.26 bits per heavy atom. The quantitative estimate of drug-likeness (QED) is 0.875. The molecule has 0 bridgehead atoms. The third-order valence-corrected chi connectivity index (χ3v) is 4.83. The lowest BCUT2D eigenvalue weighted by atomic mass is 10.2. The molecule has 1 aromatic carbocycles. The number of anilines is 1. The first kappa shape index (κ1) is 15.2. The monoisotopic (exact) mass is 334 g/mol. The van der Waals surface area contributed by atoms with Crippen LogP contribution >= 0.6 is 0 Å². The van der Waals surface area contributed by atoms with Gasteiger partial charge in [-0.3, -0.25) is 9.10 Å². The molecule has 1 N–H and O–H groups in total. The number of hydrogen-bond donors (Lipinski definition) is 1. The number of amides is 1. The average molecular weight is 334 g/mol. The van der Waals surface area contributed by atoms with Crippen LogP contribution in [0.3, 0.4) is 0 Å². The zero-order valence-electron chi connectivity index (χ0n) is 12.3. The van der Waals surface area contributed by atoms with Gasteiger partial charge in [0.2, 0.25) is 0 Å². The molecule has 0 radical (unpaired) electrons. The molecule has 9 heteroatoms. The van der Waals surface area contributed by atoms with Gasteiger partial charge in [0.1, 0.15) is 0 Å². The van der Waals surface area contributed by atoms with Crippen LogP contribution in [-0.2, 0) is 16.6 Å². The highest BCUT2D eigenvalue weighted by Crippen LogP contribution is 2.29. The maximum atomic E-state index is 12.4. The summed E-state index contributed by atoms with van der Waals surface area (Å²) >= 11 is 0. The highest BCUT2D eigenvalue weighted by Gasteiger charge is 2.30. The predicted molar refractivity (Wildman–Crippen MR) is 82.5 cm³/mol. The number of rotatable bonds is 4. The minimum atomic E-state index is -3.99. The summed E-state index contributed by atoms with van der Waals surface area (Å²) < 4.78 is 32.9. The lowest BCUT2D eigenvalue weighted by molar-refractivity contribution is 0.0980. The van der Waals surface area contributed by atoms with E-state index in [1.54, 1.807) is 12.1 Å². The fourth-order valence-electron chi connectivity index (χ4n) is 2.33. The zero-order valence-corrected chi connectivity index (χ0v) is 13.1. The third-order valence-electron chi connectivity index (χ3n) is 3.43. The van der Waals surface area contributed by atoms with Gasteiger partial charge in [0.05, 0.1) is 18.4 Å². The molecule has 0 atom stereocenters. The van der Waals surface area contributed by atoms with Crippen molar-refractivity contribution in [1.29, 1.82) is 0 Å². The van der Waals surface area contributed by atoms with Crippen molar-refractivity contribution in [3.63, 3.8) is 0 Å². The molecule has 0 fully saturated rings. The smallest absolute Gasteiger partial charge is 0.326 e. The Morgan fingerprint density at radius 3 is 2.65 bits per heavy atom. The Morgan fingerprint density at radius 2 is 1.96 bits per heavy atom. The number of nitrogens with zero attached hydrogens (tertiary/aromatic N) is 3. The Bertz CT molecular complexity index is 836. The van der Waals surface area contributed by atoms with Crippen LogP contribution in [-0.4, -0.2) is 37.9 Å².